The molecule has 6 N–H and O–H groups in total. The van der Waals surface area contributed by atoms with Gasteiger partial charge in [0, 0.05) is 24.1 Å². The molecule has 0 aromatic rings. The molecule has 0 spiro atoms. The molecule has 2 saturated heterocycles. The summed E-state index contributed by atoms with van der Waals surface area (Å²) in [5.41, 5.74) is 0. The van der Waals surface area contributed by atoms with E-state index in [0.29, 0.717) is 24.8 Å². The lowest BCUT2D eigenvalue weighted by Crippen LogP contribution is -2.44. The minimum absolute atomic E-state index is 0.0673. The van der Waals surface area contributed by atoms with Gasteiger partial charge in [0.1, 0.15) is 12.3 Å². The van der Waals surface area contributed by atoms with Crippen molar-refractivity contribution in [1.82, 2.24) is 20.9 Å². The first-order chi connectivity index (χ1) is 12.4. The van der Waals surface area contributed by atoms with Gasteiger partial charge >= 0.3 is 12.0 Å². The molecule has 10 heteroatoms. The molecule has 2 rings (SSSR count). The van der Waals surface area contributed by atoms with Gasteiger partial charge in [0.15, 0.2) is 0 Å². The van der Waals surface area contributed by atoms with Gasteiger partial charge in [-0.3, -0.25) is 9.69 Å². The lowest BCUT2D eigenvalue weighted by Gasteiger charge is -2.24. The van der Waals surface area contributed by atoms with E-state index in [4.69, 9.17) is 10.2 Å². The van der Waals surface area contributed by atoms with Crippen molar-refractivity contribution in [1.29, 1.82) is 0 Å². The number of aliphatic hydroxyl groups is 2. The average Bonchev–Trinajstić information content (AvgIpc) is 3.14. The van der Waals surface area contributed by atoms with E-state index in [9.17, 15) is 14.7 Å². The number of rotatable bonds is 12. The van der Waals surface area contributed by atoms with Crippen molar-refractivity contribution in [2.24, 2.45) is 0 Å². The number of aliphatic carboxylic acids is 1. The summed E-state index contributed by atoms with van der Waals surface area (Å²) in [5, 5.41) is 37.1. The number of amides is 2. The van der Waals surface area contributed by atoms with Crippen molar-refractivity contribution in [2.75, 3.05) is 32.5 Å². The van der Waals surface area contributed by atoms with Gasteiger partial charge in [0.05, 0.1) is 18.7 Å². The van der Waals surface area contributed by atoms with E-state index >= 15 is 0 Å². The van der Waals surface area contributed by atoms with E-state index in [0.717, 1.165) is 25.0 Å². The Hall–Kier alpha value is -1.07. The van der Waals surface area contributed by atoms with Gasteiger partial charge < -0.3 is 31.3 Å². The van der Waals surface area contributed by atoms with E-state index in [1.165, 1.54) is 0 Å². The third-order valence-corrected chi connectivity index (χ3v) is 6.49. The maximum atomic E-state index is 11.4. The van der Waals surface area contributed by atoms with Gasteiger partial charge in [-0.05, 0) is 26.3 Å². The minimum Gasteiger partial charge on any atom is -0.480 e. The number of carboxylic acids is 1. The first kappa shape index (κ1) is 21.2. The smallest absolute Gasteiger partial charge is 0.323 e. The number of fused-ring (bicyclic) bond motifs is 1. The van der Waals surface area contributed by atoms with Crippen LogP contribution in [0.3, 0.4) is 0 Å². The Morgan fingerprint density at radius 2 is 2.19 bits per heavy atom. The Morgan fingerprint density at radius 3 is 2.88 bits per heavy atom. The Morgan fingerprint density at radius 1 is 1.42 bits per heavy atom. The molecule has 0 saturated carbocycles. The van der Waals surface area contributed by atoms with Gasteiger partial charge in [0.25, 0.3) is 0 Å². The molecule has 2 amide bonds. The van der Waals surface area contributed by atoms with Crippen LogP contribution in [0, 0.1) is 0 Å². The van der Waals surface area contributed by atoms with Crippen molar-refractivity contribution >= 4 is 23.8 Å². The fourth-order valence-electron chi connectivity index (χ4n) is 3.33. The van der Waals surface area contributed by atoms with E-state index in [2.05, 4.69) is 16.0 Å². The van der Waals surface area contributed by atoms with Gasteiger partial charge in [-0.2, -0.15) is 11.8 Å². The summed E-state index contributed by atoms with van der Waals surface area (Å²) in [6.07, 6.45) is 2.97. The van der Waals surface area contributed by atoms with E-state index < -0.39 is 24.8 Å². The maximum absolute atomic E-state index is 11.4. The molecule has 5 atom stereocenters. The number of nitrogens with one attached hydrogen (secondary N) is 3. The Labute approximate surface area is 157 Å². The average molecular weight is 391 g/mol. The van der Waals surface area contributed by atoms with E-state index in [1.54, 1.807) is 11.9 Å². The molecule has 2 heterocycles. The highest BCUT2D eigenvalue weighted by Gasteiger charge is 2.42. The van der Waals surface area contributed by atoms with Crippen LogP contribution in [-0.4, -0.2) is 94.3 Å². The Bertz CT molecular complexity index is 484. The van der Waals surface area contributed by atoms with Crippen LogP contribution in [0.15, 0.2) is 0 Å². The second-order valence-electron chi connectivity index (χ2n) is 6.90. The van der Waals surface area contributed by atoms with Gasteiger partial charge in [-0.1, -0.05) is 6.42 Å². The molecule has 150 valence electrons. The fraction of sp³-hybridized carbons (Fsp3) is 0.875. The molecule has 0 aliphatic carbocycles. The fourth-order valence-corrected chi connectivity index (χ4v) is 4.87. The highest BCUT2D eigenvalue weighted by molar-refractivity contribution is 8.00. The van der Waals surface area contributed by atoms with Crippen LogP contribution in [0.4, 0.5) is 4.79 Å². The van der Waals surface area contributed by atoms with E-state index in [-0.39, 0.29) is 18.1 Å². The number of likely N-dealkylation sites (N-methyl/N-ethyl adjacent to an activating group) is 1. The minimum atomic E-state index is -1.09. The summed E-state index contributed by atoms with van der Waals surface area (Å²) in [4.78, 5) is 23.9. The highest BCUT2D eigenvalue weighted by atomic mass is 32.2. The first-order valence-electron chi connectivity index (χ1n) is 9.06. The molecule has 2 aliphatic heterocycles. The number of hydrogen-bond acceptors (Lipinski definition) is 7. The second-order valence-corrected chi connectivity index (χ2v) is 8.17. The van der Waals surface area contributed by atoms with Gasteiger partial charge in [-0.15, -0.1) is 0 Å². The summed E-state index contributed by atoms with van der Waals surface area (Å²) in [7, 11) is 1.79. The lowest BCUT2D eigenvalue weighted by atomic mass is 10.0. The van der Waals surface area contributed by atoms with Gasteiger partial charge in [0.2, 0.25) is 0 Å². The number of thioether (sulfide) groups is 1. The molecule has 2 fully saturated rings. The Kier molecular flexibility index (Phi) is 8.42. The topological polar surface area (TPSA) is 134 Å². The monoisotopic (exact) mass is 390 g/mol. The number of hydrogen-bond donors (Lipinski definition) is 6. The van der Waals surface area contributed by atoms with Crippen molar-refractivity contribution in [3.8, 4) is 0 Å². The molecule has 0 bridgehead atoms. The zero-order valence-corrected chi connectivity index (χ0v) is 15.9. The predicted molar refractivity (Wildman–Crippen MR) is 99.1 cm³/mol. The van der Waals surface area contributed by atoms with Gasteiger partial charge in [-0.25, -0.2) is 4.79 Å². The number of unbranched alkanes of at least 4 members (excludes halogenated alkanes) is 1. The molecule has 0 aromatic carbocycles. The summed E-state index contributed by atoms with van der Waals surface area (Å²) in [5.74, 6) is -0.131. The normalized spacial score (nSPS) is 27.1. The van der Waals surface area contributed by atoms with Crippen molar-refractivity contribution in [2.45, 2.75) is 55.3 Å². The molecule has 0 radical (unpaired) electrons. The number of carboxylic acid groups (broad SMARTS) is 1. The molecular formula is C16H30N4O5S. The van der Waals surface area contributed by atoms with Crippen LogP contribution in [0.1, 0.15) is 25.7 Å². The molecule has 2 aliphatic rings. The van der Waals surface area contributed by atoms with Crippen LogP contribution >= 0.6 is 11.8 Å². The number of urea groups is 1. The maximum Gasteiger partial charge on any atom is 0.323 e. The summed E-state index contributed by atoms with van der Waals surface area (Å²) in [6.45, 7) is 0.406. The van der Waals surface area contributed by atoms with Crippen molar-refractivity contribution in [3.63, 3.8) is 0 Å². The molecular weight excluding hydrogens is 360 g/mol. The first-order valence-corrected chi connectivity index (χ1v) is 10.1. The third kappa shape index (κ3) is 5.98. The standard InChI is InChI=1S/C16H30N4O5S/c1-20(7-6-17-10(8-21)15(23)24)13(22)5-3-2-4-12-14-11(9-26-12)18-16(25)19-14/h10-14,17,21-22H,2-9H2,1H3,(H,23,24)(H2,18,19,25). The van der Waals surface area contributed by atoms with Crippen LogP contribution in [0.2, 0.25) is 0 Å². The van der Waals surface area contributed by atoms with Crippen LogP contribution < -0.4 is 16.0 Å². The SMILES string of the molecule is CN(CCNC(CO)C(=O)O)C(O)CCCCC1SCC2NC(=O)NC21. The molecule has 0 aromatic heterocycles. The van der Waals surface area contributed by atoms with Crippen molar-refractivity contribution < 1.29 is 24.9 Å². The number of carbonyl (C=O) groups excluding carboxylic acids is 1. The van der Waals surface area contributed by atoms with Crippen LogP contribution in [0.5, 0.6) is 0 Å². The second kappa shape index (κ2) is 10.3. The van der Waals surface area contributed by atoms with Crippen molar-refractivity contribution in [3.05, 3.63) is 0 Å². The zero-order valence-electron chi connectivity index (χ0n) is 15.1. The third-order valence-electron chi connectivity index (χ3n) is 4.98. The van der Waals surface area contributed by atoms with Crippen LogP contribution in [-0.2, 0) is 4.79 Å². The summed E-state index contributed by atoms with van der Waals surface area (Å²) in [6, 6.07) is -0.573. The van der Waals surface area contributed by atoms with E-state index in [1.807, 2.05) is 11.8 Å². The number of carbonyl (C=O) groups is 2. The van der Waals surface area contributed by atoms with Crippen LogP contribution in [0.25, 0.3) is 0 Å². The predicted octanol–water partition coefficient (Wildman–Crippen LogP) is -1.00. The highest BCUT2D eigenvalue weighted by Crippen LogP contribution is 2.33. The summed E-state index contributed by atoms with van der Waals surface area (Å²) >= 11 is 1.89. The molecule has 5 unspecified atom stereocenters. The quantitative estimate of drug-likeness (QED) is 0.142. The largest absolute Gasteiger partial charge is 0.480 e. The zero-order chi connectivity index (χ0) is 19.1. The lowest BCUT2D eigenvalue weighted by molar-refractivity contribution is -0.140. The molecule has 9 nitrogen and oxygen atoms in total. The number of aliphatic hydroxyl groups excluding tert-OH is 2. The number of nitrogens with zero attached hydrogens (tertiary/aromatic N) is 1. The molecule has 26 heavy (non-hydrogen) atoms. The summed E-state index contributed by atoms with van der Waals surface area (Å²) < 4.78 is 0. The Balaban J connectivity index is 1.56.